The molecule has 0 saturated carbocycles. The number of aryl methyl sites for hydroxylation is 1. The van der Waals surface area contributed by atoms with Gasteiger partial charge in [0, 0.05) is 30.3 Å². The van der Waals surface area contributed by atoms with Crippen LogP contribution < -0.4 is 0 Å². The summed E-state index contributed by atoms with van der Waals surface area (Å²) in [5.74, 6) is 3.02. The molecule has 0 bridgehead atoms. The second-order valence-corrected chi connectivity index (χ2v) is 6.72. The van der Waals surface area contributed by atoms with Crippen LogP contribution in [0.2, 0.25) is 0 Å². The van der Waals surface area contributed by atoms with E-state index in [-0.39, 0.29) is 0 Å². The molecular weight excluding hydrogens is 278 g/mol. The number of thioether (sulfide) groups is 1. The Morgan fingerprint density at radius 2 is 2.37 bits per heavy atom. The van der Waals surface area contributed by atoms with E-state index in [1.165, 1.54) is 30.5 Å². The van der Waals surface area contributed by atoms with E-state index in [0.29, 0.717) is 11.1 Å². The summed E-state index contributed by atoms with van der Waals surface area (Å²) in [7, 11) is 0. The lowest BCUT2D eigenvalue weighted by Crippen LogP contribution is -2.18. The van der Waals surface area contributed by atoms with Crippen molar-refractivity contribution in [3.05, 3.63) is 24.3 Å². The molecule has 3 nitrogen and oxygen atoms in total. The third-order valence-electron chi connectivity index (χ3n) is 3.61. The normalized spacial score (nSPS) is 19.9. The van der Waals surface area contributed by atoms with Gasteiger partial charge in [-0.1, -0.05) is 6.42 Å². The van der Waals surface area contributed by atoms with Gasteiger partial charge in [-0.25, -0.2) is 4.98 Å². The highest BCUT2D eigenvalue weighted by Gasteiger charge is 2.18. The van der Waals surface area contributed by atoms with Crippen molar-refractivity contribution in [2.75, 3.05) is 11.6 Å². The molecule has 3 heterocycles. The van der Waals surface area contributed by atoms with Crippen LogP contribution in [0.25, 0.3) is 11.0 Å². The van der Waals surface area contributed by atoms with Crippen LogP contribution >= 0.6 is 23.4 Å². The molecule has 0 spiro atoms. The van der Waals surface area contributed by atoms with Crippen LogP contribution in [0.1, 0.15) is 25.1 Å². The number of alkyl halides is 1. The van der Waals surface area contributed by atoms with E-state index < -0.39 is 0 Å². The first-order valence-electron chi connectivity index (χ1n) is 6.85. The molecular formula is C14H18ClN3S. The summed E-state index contributed by atoms with van der Waals surface area (Å²) in [5, 5.41) is 0.716. The van der Waals surface area contributed by atoms with E-state index in [1.807, 2.05) is 12.4 Å². The summed E-state index contributed by atoms with van der Waals surface area (Å²) in [6.07, 6.45) is 8.56. The Hall–Kier alpha value is -0.740. The zero-order valence-electron chi connectivity index (χ0n) is 10.9. The van der Waals surface area contributed by atoms with Gasteiger partial charge in [0.15, 0.2) is 0 Å². The zero-order chi connectivity index (χ0) is 13.1. The summed E-state index contributed by atoms with van der Waals surface area (Å²) in [4.78, 5) is 8.83. The lowest BCUT2D eigenvalue weighted by molar-refractivity contribution is 0.577. The van der Waals surface area contributed by atoms with E-state index >= 15 is 0 Å². The van der Waals surface area contributed by atoms with E-state index in [1.54, 1.807) is 0 Å². The van der Waals surface area contributed by atoms with Crippen LogP contribution in [-0.2, 0) is 13.0 Å². The highest BCUT2D eigenvalue weighted by atomic mass is 35.5. The van der Waals surface area contributed by atoms with Gasteiger partial charge in [0.2, 0.25) is 0 Å². The molecule has 0 radical (unpaired) electrons. The van der Waals surface area contributed by atoms with Crippen molar-refractivity contribution in [3.63, 3.8) is 0 Å². The van der Waals surface area contributed by atoms with E-state index in [9.17, 15) is 0 Å². The molecule has 2 aromatic heterocycles. The van der Waals surface area contributed by atoms with Gasteiger partial charge >= 0.3 is 0 Å². The molecule has 1 saturated heterocycles. The van der Waals surface area contributed by atoms with Gasteiger partial charge < -0.3 is 4.57 Å². The van der Waals surface area contributed by atoms with Crippen molar-refractivity contribution < 1.29 is 0 Å². The molecule has 102 valence electrons. The molecule has 3 rings (SSSR count). The summed E-state index contributed by atoms with van der Waals surface area (Å²) in [5.41, 5.74) is 2.18. The van der Waals surface area contributed by atoms with Crippen LogP contribution in [0.3, 0.4) is 0 Å². The lowest BCUT2D eigenvalue weighted by Gasteiger charge is -2.22. The Labute approximate surface area is 122 Å². The third-order valence-corrected chi connectivity index (χ3v) is 5.18. The number of imidazole rings is 1. The average molecular weight is 296 g/mol. The average Bonchev–Trinajstić information content (AvgIpc) is 2.79. The highest BCUT2D eigenvalue weighted by Crippen LogP contribution is 2.28. The fourth-order valence-corrected chi connectivity index (χ4v) is 4.13. The lowest BCUT2D eigenvalue weighted by atomic mass is 10.2. The Balaban J connectivity index is 1.92. The maximum absolute atomic E-state index is 5.90. The Kier molecular flexibility index (Phi) is 4.28. The smallest absolute Gasteiger partial charge is 0.111 e. The fraction of sp³-hybridized carbons (Fsp3) is 0.571. The minimum absolute atomic E-state index is 0.620. The molecule has 1 unspecified atom stereocenters. The summed E-state index contributed by atoms with van der Waals surface area (Å²) >= 11 is 8.00. The number of nitrogens with zero attached hydrogens (tertiary/aromatic N) is 3. The summed E-state index contributed by atoms with van der Waals surface area (Å²) in [6, 6.07) is 2.06. The minimum Gasteiger partial charge on any atom is -0.327 e. The molecule has 2 aromatic rings. The molecule has 19 heavy (non-hydrogen) atoms. The van der Waals surface area contributed by atoms with E-state index in [4.69, 9.17) is 11.6 Å². The van der Waals surface area contributed by atoms with Gasteiger partial charge in [-0.05, 0) is 24.7 Å². The number of fused-ring (bicyclic) bond motifs is 1. The topological polar surface area (TPSA) is 30.7 Å². The predicted octanol–water partition coefficient (Wildman–Crippen LogP) is 3.50. The molecule has 1 fully saturated rings. The molecule has 0 aromatic carbocycles. The first-order valence-corrected chi connectivity index (χ1v) is 8.43. The monoisotopic (exact) mass is 295 g/mol. The van der Waals surface area contributed by atoms with Crippen molar-refractivity contribution in [1.29, 1.82) is 0 Å². The molecule has 0 aliphatic carbocycles. The third kappa shape index (κ3) is 2.90. The maximum atomic E-state index is 5.90. The maximum Gasteiger partial charge on any atom is 0.111 e. The summed E-state index contributed by atoms with van der Waals surface area (Å²) < 4.78 is 2.35. The molecule has 0 amide bonds. The molecule has 5 heteroatoms. The highest BCUT2D eigenvalue weighted by molar-refractivity contribution is 7.99. The van der Waals surface area contributed by atoms with E-state index in [2.05, 4.69) is 32.4 Å². The number of halogens is 1. The summed E-state index contributed by atoms with van der Waals surface area (Å²) in [6.45, 7) is 1.05. The molecule has 0 N–H and O–H groups in total. The number of aromatic nitrogens is 3. The van der Waals surface area contributed by atoms with Gasteiger partial charge in [0.25, 0.3) is 0 Å². The first kappa shape index (κ1) is 13.3. The van der Waals surface area contributed by atoms with Gasteiger partial charge in [-0.15, -0.1) is 11.6 Å². The van der Waals surface area contributed by atoms with Crippen molar-refractivity contribution in [3.8, 4) is 0 Å². The largest absolute Gasteiger partial charge is 0.327 e. The predicted molar refractivity (Wildman–Crippen MR) is 82.0 cm³/mol. The molecule has 1 aliphatic rings. The van der Waals surface area contributed by atoms with Crippen LogP contribution in [-0.4, -0.2) is 31.4 Å². The first-order chi connectivity index (χ1) is 9.38. The number of hydrogen-bond donors (Lipinski definition) is 0. The molecule has 1 atom stereocenters. The van der Waals surface area contributed by atoms with Crippen molar-refractivity contribution >= 4 is 34.4 Å². The number of rotatable bonds is 4. The fourth-order valence-electron chi connectivity index (χ4n) is 2.67. The standard InChI is InChI=1S/C14H18ClN3S/c15-6-4-14-17-12-9-16-7-5-13(12)18(14)10-11-3-1-2-8-19-11/h5,7,9,11H,1-4,6,8,10H2. The number of hydrogen-bond acceptors (Lipinski definition) is 3. The quantitative estimate of drug-likeness (QED) is 0.809. The Bertz CT molecular complexity index is 549. The zero-order valence-corrected chi connectivity index (χ0v) is 12.5. The van der Waals surface area contributed by atoms with Crippen molar-refractivity contribution in [1.82, 2.24) is 14.5 Å². The van der Waals surface area contributed by atoms with Crippen LogP contribution in [0.5, 0.6) is 0 Å². The van der Waals surface area contributed by atoms with Crippen molar-refractivity contribution in [2.45, 2.75) is 37.5 Å². The van der Waals surface area contributed by atoms with Gasteiger partial charge in [-0.2, -0.15) is 11.8 Å². The minimum atomic E-state index is 0.620. The Morgan fingerprint density at radius 3 is 3.16 bits per heavy atom. The van der Waals surface area contributed by atoms with Crippen molar-refractivity contribution in [2.24, 2.45) is 0 Å². The Morgan fingerprint density at radius 1 is 1.42 bits per heavy atom. The van der Waals surface area contributed by atoms with Gasteiger partial charge in [-0.3, -0.25) is 4.98 Å². The second kappa shape index (κ2) is 6.14. The second-order valence-electron chi connectivity index (χ2n) is 4.93. The van der Waals surface area contributed by atoms with E-state index in [0.717, 1.165) is 24.3 Å². The van der Waals surface area contributed by atoms with Gasteiger partial charge in [0.1, 0.15) is 11.3 Å². The molecule has 1 aliphatic heterocycles. The van der Waals surface area contributed by atoms with Crippen LogP contribution in [0.4, 0.5) is 0 Å². The van der Waals surface area contributed by atoms with Crippen LogP contribution in [0, 0.1) is 0 Å². The number of pyridine rings is 1. The SMILES string of the molecule is ClCCc1nc2cnccc2n1CC1CCCCS1. The van der Waals surface area contributed by atoms with Gasteiger partial charge in [0.05, 0.1) is 11.7 Å². The van der Waals surface area contributed by atoms with Crippen LogP contribution in [0.15, 0.2) is 18.5 Å².